The minimum absolute atomic E-state index is 0.245. The fourth-order valence-corrected chi connectivity index (χ4v) is 3.67. The molecule has 0 spiro atoms. The quantitative estimate of drug-likeness (QED) is 0.244. The highest BCUT2D eigenvalue weighted by atomic mass is 15.5. The molecule has 1 aliphatic heterocycles. The Bertz CT molecular complexity index is 808. The van der Waals surface area contributed by atoms with Gasteiger partial charge in [-0.1, -0.05) is 39.2 Å². The summed E-state index contributed by atoms with van der Waals surface area (Å²) in [5.74, 6) is 1.20. The van der Waals surface area contributed by atoms with Crippen molar-refractivity contribution in [3.63, 3.8) is 0 Å². The molecule has 0 aromatic carbocycles. The van der Waals surface area contributed by atoms with Gasteiger partial charge < -0.3 is 20.9 Å². The normalized spacial score (nSPS) is 17.4. The van der Waals surface area contributed by atoms with Crippen LogP contribution < -0.4 is 21.0 Å². The number of aromatic nitrogens is 1. The zero-order chi connectivity index (χ0) is 22.6. The number of hydrogen-bond donors (Lipinski definition) is 2. The Labute approximate surface area is 187 Å². The van der Waals surface area contributed by atoms with Gasteiger partial charge in [-0.3, -0.25) is 0 Å². The second-order valence-electron chi connectivity index (χ2n) is 7.34. The van der Waals surface area contributed by atoms with Gasteiger partial charge in [0.15, 0.2) is 0 Å². The third-order valence-corrected chi connectivity index (χ3v) is 5.38. The molecular weight excluding hydrogens is 386 g/mol. The van der Waals surface area contributed by atoms with Crippen molar-refractivity contribution in [2.24, 2.45) is 10.8 Å². The molecule has 1 fully saturated rings. The number of allylic oxidation sites excluding steroid dienone is 4. The fraction of sp³-hybridized carbons (Fsp3) is 0.417. The number of nitrogens with two attached hydrogens (primary N) is 1. The van der Waals surface area contributed by atoms with Crippen LogP contribution in [0.25, 0.3) is 0 Å². The Morgan fingerprint density at radius 1 is 1.39 bits per heavy atom. The molecule has 1 atom stereocenters. The Morgan fingerprint density at radius 3 is 2.81 bits per heavy atom. The van der Waals surface area contributed by atoms with Crippen molar-refractivity contribution in [3.8, 4) is 0 Å². The van der Waals surface area contributed by atoms with Crippen molar-refractivity contribution in [1.29, 1.82) is 0 Å². The molecule has 7 nitrogen and oxygen atoms in total. The Morgan fingerprint density at radius 2 is 2.16 bits per heavy atom. The number of hydrazone groups is 1. The molecule has 2 heterocycles. The summed E-state index contributed by atoms with van der Waals surface area (Å²) >= 11 is 0. The number of pyridine rings is 1. The van der Waals surface area contributed by atoms with Gasteiger partial charge in [-0.05, 0) is 51.1 Å². The van der Waals surface area contributed by atoms with Gasteiger partial charge in [0.2, 0.25) is 5.96 Å². The summed E-state index contributed by atoms with van der Waals surface area (Å²) in [5, 5.41) is 9.15. The molecule has 0 amide bonds. The van der Waals surface area contributed by atoms with Gasteiger partial charge >= 0.3 is 0 Å². The van der Waals surface area contributed by atoms with Gasteiger partial charge in [0.05, 0.1) is 5.69 Å². The maximum atomic E-state index is 6.11. The second-order valence-corrected chi connectivity index (χ2v) is 7.34. The van der Waals surface area contributed by atoms with Gasteiger partial charge in [-0.2, -0.15) is 0 Å². The number of nitrogens with one attached hydrogen (secondary N) is 1. The highest BCUT2D eigenvalue weighted by Crippen LogP contribution is 2.27. The summed E-state index contributed by atoms with van der Waals surface area (Å²) in [6.07, 6.45) is 13.2. The Balaban J connectivity index is 2.20. The summed E-state index contributed by atoms with van der Waals surface area (Å²) in [7, 11) is 0. The van der Waals surface area contributed by atoms with Crippen LogP contribution in [0.5, 0.6) is 0 Å². The van der Waals surface area contributed by atoms with Gasteiger partial charge in [-0.25, -0.2) is 9.99 Å². The number of rotatable bonds is 11. The van der Waals surface area contributed by atoms with Crippen molar-refractivity contribution in [3.05, 3.63) is 67.7 Å². The van der Waals surface area contributed by atoms with E-state index in [2.05, 4.69) is 52.2 Å². The van der Waals surface area contributed by atoms with Crippen LogP contribution in [0.4, 0.5) is 11.5 Å². The largest absolute Gasteiger partial charge is 0.368 e. The maximum absolute atomic E-state index is 6.11. The van der Waals surface area contributed by atoms with Gasteiger partial charge in [-0.15, -0.1) is 5.10 Å². The van der Waals surface area contributed by atoms with Gasteiger partial charge in [0, 0.05) is 43.3 Å². The molecule has 3 N–H and O–H groups in total. The molecule has 0 bridgehead atoms. The third kappa shape index (κ3) is 7.00. The lowest BCUT2D eigenvalue weighted by atomic mass is 10.2. The van der Waals surface area contributed by atoms with Crippen LogP contribution >= 0.6 is 0 Å². The molecule has 1 aromatic rings. The Kier molecular flexibility index (Phi) is 9.84. The average Bonchev–Trinajstić information content (AvgIpc) is 3.26. The molecular formula is C24H37N7. The monoisotopic (exact) mass is 423 g/mol. The first-order chi connectivity index (χ1) is 15.1. The molecule has 168 valence electrons. The second kappa shape index (κ2) is 12.6. The van der Waals surface area contributed by atoms with E-state index in [1.165, 1.54) is 12.8 Å². The number of guanidine groups is 1. The first-order valence-electron chi connectivity index (χ1n) is 11.0. The number of anilines is 2. The number of nitrogens with zero attached hydrogens (tertiary/aromatic N) is 5. The minimum Gasteiger partial charge on any atom is -0.368 e. The molecule has 1 aliphatic rings. The lowest BCUT2D eigenvalue weighted by Crippen LogP contribution is -2.40. The SMILES string of the molecule is C=C/C(=C\C=C/C)N/C(N)=N/N(C=C)c1ccnc(N2CCC[C@H]2CN(CC)CC)c1. The van der Waals surface area contributed by atoms with Gasteiger partial charge in [0.25, 0.3) is 0 Å². The summed E-state index contributed by atoms with van der Waals surface area (Å²) in [5.41, 5.74) is 7.73. The first kappa shape index (κ1) is 24.2. The van der Waals surface area contributed by atoms with Crippen molar-refractivity contribution >= 4 is 17.5 Å². The van der Waals surface area contributed by atoms with E-state index in [1.54, 1.807) is 17.3 Å². The van der Waals surface area contributed by atoms with Crippen LogP contribution in [-0.4, -0.2) is 48.1 Å². The summed E-state index contributed by atoms with van der Waals surface area (Å²) in [6, 6.07) is 4.42. The molecule has 0 aliphatic carbocycles. The van der Waals surface area contributed by atoms with Crippen molar-refractivity contribution in [2.75, 3.05) is 36.1 Å². The Hall–Kier alpha value is -3.06. The highest BCUT2D eigenvalue weighted by molar-refractivity contribution is 5.81. The van der Waals surface area contributed by atoms with Crippen molar-refractivity contribution < 1.29 is 0 Å². The molecule has 1 aromatic heterocycles. The lowest BCUT2D eigenvalue weighted by molar-refractivity contribution is 0.283. The van der Waals surface area contributed by atoms with E-state index < -0.39 is 0 Å². The van der Waals surface area contributed by atoms with Crippen LogP contribution in [0.3, 0.4) is 0 Å². The smallest absolute Gasteiger partial charge is 0.216 e. The highest BCUT2D eigenvalue weighted by Gasteiger charge is 2.27. The van der Waals surface area contributed by atoms with Gasteiger partial charge in [0.1, 0.15) is 5.82 Å². The zero-order valence-corrected chi connectivity index (χ0v) is 19.2. The lowest BCUT2D eigenvalue weighted by Gasteiger charge is -2.30. The predicted octanol–water partition coefficient (Wildman–Crippen LogP) is 3.81. The zero-order valence-electron chi connectivity index (χ0n) is 19.2. The van der Waals surface area contributed by atoms with Crippen molar-refractivity contribution in [1.82, 2.24) is 15.2 Å². The summed E-state index contributed by atoms with van der Waals surface area (Å²) in [6.45, 7) is 18.3. The van der Waals surface area contributed by atoms with Crippen LogP contribution in [0.15, 0.2) is 72.8 Å². The molecule has 31 heavy (non-hydrogen) atoms. The van der Waals surface area contributed by atoms with E-state index in [-0.39, 0.29) is 5.96 Å². The molecule has 0 unspecified atom stereocenters. The van der Waals surface area contributed by atoms with Crippen molar-refractivity contribution in [2.45, 2.75) is 39.7 Å². The summed E-state index contributed by atoms with van der Waals surface area (Å²) in [4.78, 5) is 9.52. The van der Waals surface area contributed by atoms with E-state index in [9.17, 15) is 0 Å². The average molecular weight is 424 g/mol. The van der Waals surface area contributed by atoms with Crippen LogP contribution in [0.2, 0.25) is 0 Å². The maximum Gasteiger partial charge on any atom is 0.216 e. The van der Waals surface area contributed by atoms with Crippen LogP contribution in [-0.2, 0) is 0 Å². The third-order valence-electron chi connectivity index (χ3n) is 5.38. The van der Waals surface area contributed by atoms with E-state index in [1.807, 2.05) is 43.5 Å². The first-order valence-corrected chi connectivity index (χ1v) is 11.0. The standard InChI is InChI=1S/C24H37N7/c1-6-11-13-20(7-2)27-24(25)28-31(10-5)21-15-16-26-23(18-21)30-17-12-14-22(30)19-29(8-3)9-4/h6-7,10-11,13,15-16,18,22H,2,5,8-9,12,14,17,19H2,1,3-4H3,(H3,25,27,28)/b11-6-,20-13+/t22-/m0/s1. The molecule has 0 saturated carbocycles. The summed E-state index contributed by atoms with van der Waals surface area (Å²) < 4.78 is 0. The number of hydrogen-bond acceptors (Lipinski definition) is 5. The predicted molar refractivity (Wildman–Crippen MR) is 133 cm³/mol. The van der Waals surface area contributed by atoms with E-state index in [4.69, 9.17) is 5.73 Å². The minimum atomic E-state index is 0.245. The molecule has 0 radical (unpaired) electrons. The topological polar surface area (TPSA) is 73.0 Å². The molecule has 1 saturated heterocycles. The number of likely N-dealkylation sites (N-methyl/N-ethyl adjacent to an activating group) is 1. The fourth-order valence-electron chi connectivity index (χ4n) is 3.67. The van der Waals surface area contributed by atoms with E-state index >= 15 is 0 Å². The van der Waals surface area contributed by atoms with Crippen LogP contribution in [0, 0.1) is 0 Å². The van der Waals surface area contributed by atoms with Crippen LogP contribution in [0.1, 0.15) is 33.6 Å². The van der Waals surface area contributed by atoms with E-state index in [0.29, 0.717) is 6.04 Å². The van der Waals surface area contributed by atoms with E-state index in [0.717, 1.165) is 43.4 Å². The molecule has 2 rings (SSSR count). The molecule has 7 heteroatoms.